The number of nitrogens with zero attached hydrogens (tertiary/aromatic N) is 2. The van der Waals surface area contributed by atoms with Crippen LogP contribution in [0.4, 0.5) is 5.69 Å². The molecule has 10 heteroatoms. The third-order valence-corrected chi connectivity index (χ3v) is 7.29. The predicted octanol–water partition coefficient (Wildman–Crippen LogP) is 4.81. The van der Waals surface area contributed by atoms with E-state index in [9.17, 15) is 13.2 Å². The third-order valence-electron chi connectivity index (χ3n) is 5.56. The van der Waals surface area contributed by atoms with Gasteiger partial charge >= 0.3 is 0 Å². The van der Waals surface area contributed by atoms with E-state index in [0.717, 1.165) is 16.7 Å². The van der Waals surface area contributed by atoms with Crippen LogP contribution in [0.25, 0.3) is 0 Å². The highest BCUT2D eigenvalue weighted by Gasteiger charge is 2.19. The summed E-state index contributed by atoms with van der Waals surface area (Å²) >= 11 is 3.42. The maximum Gasteiger partial charge on any atom is 0.271 e. The van der Waals surface area contributed by atoms with Gasteiger partial charge in [0, 0.05) is 5.56 Å². The Morgan fingerprint density at radius 2 is 1.72 bits per heavy atom. The molecule has 3 aromatic carbocycles. The summed E-state index contributed by atoms with van der Waals surface area (Å²) in [4.78, 5) is 12.5. The summed E-state index contributed by atoms with van der Waals surface area (Å²) in [5.74, 6) is 0.691. The minimum Gasteiger partial charge on any atom is -0.493 e. The molecule has 0 saturated carbocycles. The fraction of sp³-hybridized carbons (Fsp3) is 0.231. The summed E-state index contributed by atoms with van der Waals surface area (Å²) in [7, 11) is -0.428. The molecule has 0 spiro atoms. The van der Waals surface area contributed by atoms with Crippen LogP contribution in [0.3, 0.4) is 0 Å². The lowest BCUT2D eigenvalue weighted by atomic mass is 10.1. The van der Waals surface area contributed by atoms with Gasteiger partial charge in [-0.05, 0) is 88.4 Å². The van der Waals surface area contributed by atoms with E-state index in [0.29, 0.717) is 32.8 Å². The van der Waals surface area contributed by atoms with Crippen molar-refractivity contribution < 1.29 is 22.7 Å². The van der Waals surface area contributed by atoms with Crippen molar-refractivity contribution in [3.8, 4) is 11.5 Å². The monoisotopic (exact) mass is 573 g/mol. The zero-order valence-electron chi connectivity index (χ0n) is 20.7. The standard InChI is InChI=1S/C26H28BrN3O5S/c1-17-6-11-22(12-18(17)2)30(36(5,32)33)16-19-7-9-21(10-8-19)26(31)29-28-15-20-13-23(27)25(35-4)24(14-20)34-3/h6-15H,16H2,1-5H3,(H,29,31)/b28-15-. The number of hydrazone groups is 1. The molecule has 3 aromatic rings. The van der Waals surface area contributed by atoms with E-state index in [1.165, 1.54) is 23.9 Å². The molecule has 36 heavy (non-hydrogen) atoms. The predicted molar refractivity (Wildman–Crippen MR) is 146 cm³/mol. The number of anilines is 1. The molecule has 1 amide bonds. The summed E-state index contributed by atoms with van der Waals surface area (Å²) in [6.45, 7) is 4.07. The number of amides is 1. The molecule has 0 bridgehead atoms. The van der Waals surface area contributed by atoms with Crippen molar-refractivity contribution in [3.05, 3.63) is 86.9 Å². The van der Waals surface area contributed by atoms with Gasteiger partial charge in [0.1, 0.15) is 0 Å². The quantitative estimate of drug-likeness (QED) is 0.292. The fourth-order valence-electron chi connectivity index (χ4n) is 3.45. The number of carbonyl (C=O) groups excluding carboxylic acids is 1. The second-order valence-corrected chi connectivity index (χ2v) is 10.9. The molecule has 0 atom stereocenters. The molecular formula is C26H28BrN3O5S. The lowest BCUT2D eigenvalue weighted by Gasteiger charge is -2.23. The molecule has 0 aliphatic rings. The van der Waals surface area contributed by atoms with E-state index in [1.54, 1.807) is 49.6 Å². The average Bonchev–Trinajstić information content (AvgIpc) is 2.83. The zero-order valence-corrected chi connectivity index (χ0v) is 23.1. The van der Waals surface area contributed by atoms with Crippen molar-refractivity contribution in [3.63, 3.8) is 0 Å². The largest absolute Gasteiger partial charge is 0.493 e. The van der Waals surface area contributed by atoms with Gasteiger partial charge in [0.15, 0.2) is 11.5 Å². The summed E-state index contributed by atoms with van der Waals surface area (Å²) in [5.41, 5.74) is 7.01. The Balaban J connectivity index is 1.70. The minimum atomic E-state index is -3.51. The Labute approximate surface area is 220 Å². The van der Waals surface area contributed by atoms with Crippen LogP contribution >= 0.6 is 15.9 Å². The van der Waals surface area contributed by atoms with E-state index in [1.807, 2.05) is 26.0 Å². The van der Waals surface area contributed by atoms with Crippen molar-refractivity contribution in [2.45, 2.75) is 20.4 Å². The van der Waals surface area contributed by atoms with E-state index < -0.39 is 15.9 Å². The summed E-state index contributed by atoms with van der Waals surface area (Å²) in [5, 5.41) is 4.02. The first-order valence-corrected chi connectivity index (χ1v) is 13.6. The fourth-order valence-corrected chi connectivity index (χ4v) is 4.95. The first kappa shape index (κ1) is 27.2. The number of hydrogen-bond acceptors (Lipinski definition) is 6. The zero-order chi connectivity index (χ0) is 26.5. The van der Waals surface area contributed by atoms with Crippen LogP contribution in [-0.4, -0.2) is 41.0 Å². The molecule has 3 rings (SSSR count). The van der Waals surface area contributed by atoms with Gasteiger partial charge in [-0.25, -0.2) is 13.8 Å². The number of ether oxygens (including phenoxy) is 2. The molecule has 0 unspecified atom stereocenters. The first-order chi connectivity index (χ1) is 17.0. The normalized spacial score (nSPS) is 11.4. The number of nitrogens with one attached hydrogen (secondary N) is 1. The number of carbonyl (C=O) groups is 1. The highest BCUT2D eigenvalue weighted by atomic mass is 79.9. The molecule has 0 saturated heterocycles. The maximum absolute atomic E-state index is 12.5. The molecule has 190 valence electrons. The summed E-state index contributed by atoms with van der Waals surface area (Å²) in [6.07, 6.45) is 2.67. The Kier molecular flexibility index (Phi) is 8.75. The van der Waals surface area contributed by atoms with Crippen LogP contribution in [0.15, 0.2) is 64.2 Å². The first-order valence-electron chi connectivity index (χ1n) is 10.9. The van der Waals surface area contributed by atoms with Crippen LogP contribution in [0.2, 0.25) is 0 Å². The van der Waals surface area contributed by atoms with Crippen molar-refractivity contribution in [1.82, 2.24) is 5.43 Å². The third kappa shape index (κ3) is 6.64. The van der Waals surface area contributed by atoms with Gasteiger partial charge in [-0.1, -0.05) is 18.2 Å². The highest BCUT2D eigenvalue weighted by Crippen LogP contribution is 2.35. The number of hydrogen-bond donors (Lipinski definition) is 1. The smallest absolute Gasteiger partial charge is 0.271 e. The van der Waals surface area contributed by atoms with Crippen molar-refractivity contribution in [2.24, 2.45) is 5.10 Å². The molecular weight excluding hydrogens is 546 g/mol. The summed E-state index contributed by atoms with van der Waals surface area (Å²) in [6, 6.07) is 15.8. The average molecular weight is 574 g/mol. The molecule has 0 aliphatic carbocycles. The van der Waals surface area contributed by atoms with Gasteiger partial charge < -0.3 is 9.47 Å². The molecule has 0 radical (unpaired) electrons. The van der Waals surface area contributed by atoms with E-state index in [-0.39, 0.29) is 6.54 Å². The summed E-state index contributed by atoms with van der Waals surface area (Å²) < 4.78 is 37.6. The Hall–Kier alpha value is -3.37. The second kappa shape index (κ2) is 11.6. The second-order valence-electron chi connectivity index (χ2n) is 8.17. The van der Waals surface area contributed by atoms with Crippen LogP contribution in [0.1, 0.15) is 32.6 Å². The Bertz CT molecular complexity index is 1390. The molecule has 0 aromatic heterocycles. The lowest BCUT2D eigenvalue weighted by Crippen LogP contribution is -2.29. The highest BCUT2D eigenvalue weighted by molar-refractivity contribution is 9.10. The topological polar surface area (TPSA) is 97.3 Å². The van der Waals surface area contributed by atoms with E-state index in [2.05, 4.69) is 26.5 Å². The number of methoxy groups -OCH3 is 2. The van der Waals surface area contributed by atoms with Crippen LogP contribution < -0.4 is 19.2 Å². The Morgan fingerprint density at radius 3 is 2.31 bits per heavy atom. The van der Waals surface area contributed by atoms with Crippen LogP contribution in [-0.2, 0) is 16.6 Å². The molecule has 8 nitrogen and oxygen atoms in total. The van der Waals surface area contributed by atoms with Gasteiger partial charge in [-0.15, -0.1) is 0 Å². The van der Waals surface area contributed by atoms with Crippen LogP contribution in [0.5, 0.6) is 11.5 Å². The van der Waals surface area contributed by atoms with Gasteiger partial charge in [0.05, 0.1) is 43.4 Å². The van der Waals surface area contributed by atoms with Crippen molar-refractivity contribution in [2.75, 3.05) is 24.8 Å². The molecule has 1 N–H and O–H groups in total. The van der Waals surface area contributed by atoms with Gasteiger partial charge in [-0.2, -0.15) is 5.10 Å². The number of benzene rings is 3. The van der Waals surface area contributed by atoms with Crippen molar-refractivity contribution in [1.29, 1.82) is 0 Å². The maximum atomic E-state index is 12.5. The van der Waals surface area contributed by atoms with Crippen LogP contribution in [0, 0.1) is 13.8 Å². The van der Waals surface area contributed by atoms with E-state index in [4.69, 9.17) is 9.47 Å². The minimum absolute atomic E-state index is 0.148. The van der Waals surface area contributed by atoms with Gasteiger partial charge in [0.25, 0.3) is 5.91 Å². The Morgan fingerprint density at radius 1 is 1.03 bits per heavy atom. The van der Waals surface area contributed by atoms with Gasteiger partial charge in [-0.3, -0.25) is 9.10 Å². The molecule has 0 fully saturated rings. The lowest BCUT2D eigenvalue weighted by molar-refractivity contribution is 0.0955. The van der Waals surface area contributed by atoms with E-state index >= 15 is 0 Å². The SMILES string of the molecule is COc1cc(/C=N\NC(=O)c2ccc(CN(c3ccc(C)c(C)c3)S(C)(=O)=O)cc2)cc(Br)c1OC. The van der Waals surface area contributed by atoms with Gasteiger partial charge in [0.2, 0.25) is 10.0 Å². The van der Waals surface area contributed by atoms with Crippen molar-refractivity contribution >= 4 is 43.8 Å². The number of rotatable bonds is 9. The number of aryl methyl sites for hydroxylation is 2. The number of sulfonamides is 1. The number of halogens is 1. The molecule has 0 heterocycles. The molecule has 0 aliphatic heterocycles.